The van der Waals surface area contributed by atoms with Crippen LogP contribution in [0.2, 0.25) is 0 Å². The molecule has 0 saturated heterocycles. The van der Waals surface area contributed by atoms with Gasteiger partial charge in [-0.25, -0.2) is 4.79 Å². The molecular formula is C30H48O3. The van der Waals surface area contributed by atoms with Gasteiger partial charge in [-0.1, -0.05) is 54.5 Å². The molecule has 0 amide bonds. The number of rotatable bonds is 2. The topological polar surface area (TPSA) is 57.5 Å². The van der Waals surface area contributed by atoms with Crippen LogP contribution in [0.15, 0.2) is 12.2 Å². The van der Waals surface area contributed by atoms with Crippen molar-refractivity contribution in [1.82, 2.24) is 0 Å². The summed E-state index contributed by atoms with van der Waals surface area (Å²) >= 11 is 0. The molecule has 2 N–H and O–H groups in total. The minimum absolute atomic E-state index is 0.139. The van der Waals surface area contributed by atoms with E-state index >= 15 is 0 Å². The summed E-state index contributed by atoms with van der Waals surface area (Å²) in [4.78, 5) is 11.8. The third-order valence-corrected chi connectivity index (χ3v) is 13.3. The largest absolute Gasteiger partial charge is 0.478 e. The quantitative estimate of drug-likeness (QED) is 0.436. The van der Waals surface area contributed by atoms with Crippen molar-refractivity contribution >= 4 is 5.97 Å². The summed E-state index contributed by atoms with van der Waals surface area (Å²) in [6.45, 7) is 19.0. The molecule has 5 aliphatic carbocycles. The minimum atomic E-state index is -0.803. The van der Waals surface area contributed by atoms with E-state index in [4.69, 9.17) is 0 Å². The molecule has 5 rings (SSSR count). The molecule has 0 aromatic carbocycles. The fraction of sp³-hybridized carbons (Fsp3) is 0.900. The van der Waals surface area contributed by atoms with Crippen LogP contribution in [-0.4, -0.2) is 22.3 Å². The van der Waals surface area contributed by atoms with Crippen LogP contribution in [0.3, 0.4) is 0 Å². The fourth-order valence-electron chi connectivity index (χ4n) is 12.1. The van der Waals surface area contributed by atoms with Crippen molar-refractivity contribution in [3.8, 4) is 0 Å². The monoisotopic (exact) mass is 456 g/mol. The van der Waals surface area contributed by atoms with Crippen LogP contribution in [0.25, 0.3) is 0 Å². The van der Waals surface area contributed by atoms with Gasteiger partial charge in [0.1, 0.15) is 0 Å². The minimum Gasteiger partial charge on any atom is -0.478 e. The molecule has 0 spiro atoms. The average molecular weight is 457 g/mol. The smallest absolute Gasteiger partial charge is 0.331 e. The SMILES string of the molecule is C=C(C(=O)O)C1CCC2(C)C1CCC1(C)C2CCC2C3(C)CCCC(C)(C)C3C(O)CC21C. The molecule has 0 aromatic rings. The van der Waals surface area contributed by atoms with Crippen molar-refractivity contribution in [3.63, 3.8) is 0 Å². The summed E-state index contributed by atoms with van der Waals surface area (Å²) in [5, 5.41) is 21.4. The predicted octanol–water partition coefficient (Wildman–Crippen LogP) is 7.09. The molecule has 0 heterocycles. The van der Waals surface area contributed by atoms with Crippen molar-refractivity contribution in [3.05, 3.63) is 12.2 Å². The molecule has 0 bridgehead atoms. The number of fused-ring (bicyclic) bond motifs is 7. The van der Waals surface area contributed by atoms with Gasteiger partial charge in [0.15, 0.2) is 0 Å². The Bertz CT molecular complexity index is 861. The third-order valence-electron chi connectivity index (χ3n) is 13.3. The van der Waals surface area contributed by atoms with Crippen LogP contribution < -0.4 is 0 Å². The summed E-state index contributed by atoms with van der Waals surface area (Å²) in [5.74, 6) is 1.47. The fourth-order valence-corrected chi connectivity index (χ4v) is 12.1. The Morgan fingerprint density at radius 2 is 1.45 bits per heavy atom. The second kappa shape index (κ2) is 7.11. The molecule has 5 aliphatic rings. The van der Waals surface area contributed by atoms with Crippen LogP contribution >= 0.6 is 0 Å². The Balaban J connectivity index is 1.53. The highest BCUT2D eigenvalue weighted by atomic mass is 16.4. The second-order valence-corrected chi connectivity index (χ2v) is 14.7. The summed E-state index contributed by atoms with van der Waals surface area (Å²) in [5.41, 5.74) is 1.42. The number of aliphatic carboxylic acids is 1. The third kappa shape index (κ3) is 2.87. The van der Waals surface area contributed by atoms with E-state index in [1.165, 1.54) is 38.5 Å². The molecule has 186 valence electrons. The molecule has 0 radical (unpaired) electrons. The molecule has 33 heavy (non-hydrogen) atoms. The Labute approximate surface area is 201 Å². The molecule has 0 aliphatic heterocycles. The number of carboxylic acid groups (broad SMARTS) is 1. The zero-order chi connectivity index (χ0) is 24.2. The van der Waals surface area contributed by atoms with Gasteiger partial charge in [-0.05, 0) is 114 Å². The summed E-state index contributed by atoms with van der Waals surface area (Å²) < 4.78 is 0. The highest BCUT2D eigenvalue weighted by Crippen LogP contribution is 2.77. The molecule has 10 atom stereocenters. The molecule has 10 unspecified atom stereocenters. The van der Waals surface area contributed by atoms with Gasteiger partial charge in [-0.3, -0.25) is 0 Å². The van der Waals surface area contributed by atoms with Crippen LogP contribution in [0.5, 0.6) is 0 Å². The molecular weight excluding hydrogens is 408 g/mol. The maximum atomic E-state index is 11.8. The number of hydrogen-bond donors (Lipinski definition) is 2. The van der Waals surface area contributed by atoms with Gasteiger partial charge in [-0.2, -0.15) is 0 Å². The predicted molar refractivity (Wildman–Crippen MR) is 133 cm³/mol. The van der Waals surface area contributed by atoms with Crippen molar-refractivity contribution in [2.45, 2.75) is 112 Å². The summed E-state index contributed by atoms with van der Waals surface area (Å²) in [7, 11) is 0. The van der Waals surface area contributed by atoms with Crippen molar-refractivity contribution < 1.29 is 15.0 Å². The Hall–Kier alpha value is -0.830. The average Bonchev–Trinajstić information content (AvgIpc) is 3.04. The van der Waals surface area contributed by atoms with E-state index in [0.717, 1.165) is 25.7 Å². The Morgan fingerprint density at radius 3 is 2.09 bits per heavy atom. The maximum absolute atomic E-state index is 11.8. The number of carboxylic acids is 1. The number of carbonyl (C=O) groups is 1. The van der Waals surface area contributed by atoms with Gasteiger partial charge in [-0.15, -0.1) is 0 Å². The van der Waals surface area contributed by atoms with Gasteiger partial charge in [0.2, 0.25) is 0 Å². The second-order valence-electron chi connectivity index (χ2n) is 14.7. The molecule has 3 nitrogen and oxygen atoms in total. The van der Waals surface area contributed by atoms with Crippen LogP contribution in [0, 0.1) is 56.7 Å². The van der Waals surface area contributed by atoms with E-state index in [2.05, 4.69) is 48.1 Å². The van der Waals surface area contributed by atoms with Crippen LogP contribution in [-0.2, 0) is 4.79 Å². The zero-order valence-corrected chi connectivity index (χ0v) is 22.0. The van der Waals surface area contributed by atoms with Gasteiger partial charge < -0.3 is 10.2 Å². The molecule has 3 heteroatoms. The number of aliphatic hydroxyl groups excluding tert-OH is 1. The lowest BCUT2D eigenvalue weighted by Gasteiger charge is -2.73. The van der Waals surface area contributed by atoms with Gasteiger partial charge in [0.05, 0.1) is 6.10 Å². The number of aliphatic hydroxyl groups is 1. The highest BCUT2D eigenvalue weighted by molar-refractivity contribution is 5.86. The van der Waals surface area contributed by atoms with Crippen molar-refractivity contribution in [1.29, 1.82) is 0 Å². The lowest BCUT2D eigenvalue weighted by atomic mass is 9.31. The summed E-state index contributed by atoms with van der Waals surface area (Å²) in [6.07, 6.45) is 11.5. The zero-order valence-electron chi connectivity index (χ0n) is 22.0. The molecule has 0 aromatic heterocycles. The van der Waals surface area contributed by atoms with E-state index < -0.39 is 5.97 Å². The van der Waals surface area contributed by atoms with Gasteiger partial charge >= 0.3 is 5.97 Å². The standard InChI is InChI=1S/C30H48O3/c1-18(25(32)33)19-11-15-27(4)20(19)12-16-29(6)22(27)9-10-23-28(5)14-8-13-26(2,3)24(28)21(31)17-30(23,29)7/h19-24,31H,1,8-17H2,2-7H3,(H,32,33). The first-order valence-corrected chi connectivity index (χ1v) is 13.8. The van der Waals surface area contributed by atoms with Gasteiger partial charge in [0, 0.05) is 5.57 Å². The van der Waals surface area contributed by atoms with Crippen LogP contribution in [0.1, 0.15) is 106 Å². The maximum Gasteiger partial charge on any atom is 0.331 e. The van der Waals surface area contributed by atoms with E-state index in [0.29, 0.717) is 29.2 Å². The normalized spacial score (nSPS) is 55.0. The van der Waals surface area contributed by atoms with E-state index in [-0.39, 0.29) is 39.1 Å². The first-order valence-electron chi connectivity index (χ1n) is 13.8. The van der Waals surface area contributed by atoms with Gasteiger partial charge in [0.25, 0.3) is 0 Å². The highest BCUT2D eigenvalue weighted by Gasteiger charge is 2.71. The van der Waals surface area contributed by atoms with E-state index in [9.17, 15) is 15.0 Å². The molecule has 5 fully saturated rings. The van der Waals surface area contributed by atoms with E-state index in [1.54, 1.807) is 0 Å². The first-order chi connectivity index (χ1) is 15.2. The first kappa shape index (κ1) is 23.9. The lowest BCUT2D eigenvalue weighted by Crippen LogP contribution is -2.68. The Kier molecular flexibility index (Phi) is 5.15. The Morgan fingerprint density at radius 1 is 0.818 bits per heavy atom. The lowest BCUT2D eigenvalue weighted by molar-refractivity contribution is -0.266. The van der Waals surface area contributed by atoms with Crippen molar-refractivity contribution in [2.75, 3.05) is 0 Å². The van der Waals surface area contributed by atoms with E-state index in [1.807, 2.05) is 0 Å². The van der Waals surface area contributed by atoms with Crippen LogP contribution in [0.4, 0.5) is 0 Å². The van der Waals surface area contributed by atoms with Crippen molar-refractivity contribution in [2.24, 2.45) is 56.7 Å². The molecule has 5 saturated carbocycles. The summed E-state index contributed by atoms with van der Waals surface area (Å²) in [6, 6.07) is 0. The number of hydrogen-bond acceptors (Lipinski definition) is 2.